The third-order valence-electron chi connectivity index (χ3n) is 12.8. The summed E-state index contributed by atoms with van der Waals surface area (Å²) in [5.74, 6) is -3.20. The molecule has 0 bridgehead atoms. The Balaban J connectivity index is 2.73. The van der Waals surface area contributed by atoms with Crippen molar-refractivity contribution in [2.45, 2.75) is 276 Å². The molecule has 1 saturated heterocycles. The Morgan fingerprint density at radius 2 is 0.877 bits per heavy atom. The highest BCUT2D eigenvalue weighted by atomic mass is 16.7. The van der Waals surface area contributed by atoms with Gasteiger partial charge in [-0.15, -0.1) is 0 Å². The molecule has 12 heteroatoms. The van der Waals surface area contributed by atoms with E-state index in [1.807, 2.05) is 6.08 Å². The van der Waals surface area contributed by atoms with Crippen LogP contribution in [0.15, 0.2) is 72.9 Å². The number of hydrogen-bond acceptors (Lipinski definition) is 11. The largest absolute Gasteiger partial charge is 0.479 e. The first-order valence-corrected chi connectivity index (χ1v) is 28.9. The topological polar surface area (TPSA) is 175 Å². The van der Waals surface area contributed by atoms with Gasteiger partial charge in [-0.25, -0.2) is 4.79 Å². The third-order valence-corrected chi connectivity index (χ3v) is 12.8. The van der Waals surface area contributed by atoms with Gasteiger partial charge in [0.1, 0.15) is 18.8 Å². The molecule has 0 aromatic carbocycles. The predicted molar refractivity (Wildman–Crippen MR) is 294 cm³/mol. The molecule has 0 saturated carbocycles. The van der Waals surface area contributed by atoms with Crippen LogP contribution in [-0.4, -0.2) is 89.2 Å². The lowest BCUT2D eigenvalue weighted by atomic mass is 9.98. The number of carbonyl (C=O) groups excluding carboxylic acids is 3. The molecular weight excluding hydrogens is 925 g/mol. The van der Waals surface area contributed by atoms with E-state index in [1.165, 1.54) is 83.5 Å². The number of hydrogen-bond donors (Lipinski definition) is 3. The molecule has 6 unspecified atom stereocenters. The van der Waals surface area contributed by atoms with E-state index in [0.29, 0.717) is 25.7 Å². The first-order valence-electron chi connectivity index (χ1n) is 28.9. The summed E-state index contributed by atoms with van der Waals surface area (Å²) in [6, 6.07) is 0. The summed E-state index contributed by atoms with van der Waals surface area (Å²) in [6.45, 7) is 5.81. The molecule has 12 nitrogen and oxygen atoms in total. The lowest BCUT2D eigenvalue weighted by molar-refractivity contribution is -0.301. The van der Waals surface area contributed by atoms with Crippen LogP contribution >= 0.6 is 0 Å². The Bertz CT molecular complexity index is 1550. The highest BCUT2D eigenvalue weighted by Gasteiger charge is 2.50. The van der Waals surface area contributed by atoms with Crippen LogP contribution in [0.2, 0.25) is 0 Å². The monoisotopic (exact) mass is 1030 g/mol. The number of aliphatic carboxylic acids is 1. The number of carboxylic acid groups (broad SMARTS) is 1. The molecule has 1 heterocycles. The molecule has 1 fully saturated rings. The number of allylic oxidation sites excluding steroid dienone is 12. The smallest absolute Gasteiger partial charge is 0.335 e. The number of carbonyl (C=O) groups is 4. The second-order valence-electron chi connectivity index (χ2n) is 19.5. The first-order chi connectivity index (χ1) is 35.6. The molecule has 0 radical (unpaired) electrons. The van der Waals surface area contributed by atoms with Crippen molar-refractivity contribution in [2.24, 2.45) is 0 Å². The normalized spacial score (nSPS) is 18.8. The SMILES string of the molecule is CC/C=C\C/C=C\C/C=C\C/C=C\C/C=C\CCCC(=O)OCC(COC1OC(C(=O)O)C(O)C(O)C1OC(=O)CCCCCCC/C=C\CCCCCCCC)OC(=O)CCCCCCCCCCCCC. The lowest BCUT2D eigenvalue weighted by Crippen LogP contribution is -2.61. The van der Waals surface area contributed by atoms with E-state index < -0.39 is 67.3 Å². The summed E-state index contributed by atoms with van der Waals surface area (Å²) in [5, 5.41) is 31.4. The number of aliphatic hydroxyl groups is 2. The molecule has 3 N–H and O–H groups in total. The third kappa shape index (κ3) is 39.3. The van der Waals surface area contributed by atoms with Gasteiger partial charge in [0.2, 0.25) is 0 Å². The van der Waals surface area contributed by atoms with E-state index >= 15 is 0 Å². The zero-order valence-corrected chi connectivity index (χ0v) is 45.9. The van der Waals surface area contributed by atoms with Gasteiger partial charge in [0.05, 0.1) is 6.61 Å². The molecular formula is C61H102O12. The van der Waals surface area contributed by atoms with Crippen LogP contribution in [0.5, 0.6) is 0 Å². The zero-order chi connectivity index (χ0) is 53.3. The molecule has 73 heavy (non-hydrogen) atoms. The van der Waals surface area contributed by atoms with Crippen LogP contribution in [0.3, 0.4) is 0 Å². The Kier molecular flexibility index (Phi) is 45.1. The van der Waals surface area contributed by atoms with E-state index in [1.54, 1.807) is 0 Å². The molecule has 0 spiro atoms. The van der Waals surface area contributed by atoms with Crippen molar-refractivity contribution in [1.82, 2.24) is 0 Å². The van der Waals surface area contributed by atoms with Gasteiger partial charge in [-0.1, -0.05) is 209 Å². The van der Waals surface area contributed by atoms with Gasteiger partial charge >= 0.3 is 23.9 Å². The average molecular weight is 1030 g/mol. The lowest BCUT2D eigenvalue weighted by Gasteiger charge is -2.40. The molecule has 6 atom stereocenters. The van der Waals surface area contributed by atoms with Crippen LogP contribution in [0.1, 0.15) is 239 Å². The fourth-order valence-corrected chi connectivity index (χ4v) is 8.34. The Hall–Kier alpha value is -3.84. The summed E-state index contributed by atoms with van der Waals surface area (Å²) in [6.07, 6.45) is 48.8. The van der Waals surface area contributed by atoms with Gasteiger partial charge in [-0.3, -0.25) is 14.4 Å². The quantitative estimate of drug-likeness (QED) is 0.0228. The molecule has 418 valence electrons. The second kappa shape index (κ2) is 49.1. The van der Waals surface area contributed by atoms with Crippen molar-refractivity contribution >= 4 is 23.9 Å². The summed E-state index contributed by atoms with van der Waals surface area (Å²) in [5.41, 5.74) is 0. The van der Waals surface area contributed by atoms with Crippen molar-refractivity contribution in [3.8, 4) is 0 Å². The minimum atomic E-state index is -1.91. The summed E-state index contributed by atoms with van der Waals surface area (Å²) >= 11 is 0. The van der Waals surface area contributed by atoms with E-state index in [0.717, 1.165) is 89.9 Å². The number of carboxylic acids is 1. The van der Waals surface area contributed by atoms with Gasteiger partial charge in [0.15, 0.2) is 24.6 Å². The standard InChI is InChI=1S/C61H102O12/c1-4-7-10-13-16-19-22-24-26-27-29-30-33-35-38-41-44-47-53(62)69-50-52(71-54(63)48-45-42-39-36-32-21-18-15-12-9-6-3)51-70-61-59(57(66)56(65)58(73-61)60(67)68)72-55(64)49-46-43-40-37-34-31-28-25-23-20-17-14-11-8-5-2/h7,10,16,19,24-26,28-30,35,38,52,56-59,61,65-66H,4-6,8-9,11-15,17-18,20-23,27,31-34,36-37,39-51H2,1-3H3,(H,67,68)/b10-7-,19-16-,26-24-,28-25-,30-29-,38-35-. The maximum absolute atomic E-state index is 13.1. The minimum Gasteiger partial charge on any atom is -0.479 e. The fraction of sp³-hybridized carbons (Fsp3) is 0.738. The number of rotatable bonds is 48. The predicted octanol–water partition coefficient (Wildman–Crippen LogP) is 14.6. The summed E-state index contributed by atoms with van der Waals surface area (Å²) in [4.78, 5) is 51.0. The van der Waals surface area contributed by atoms with Gasteiger partial charge in [-0.2, -0.15) is 0 Å². The molecule has 0 aliphatic carbocycles. The summed E-state index contributed by atoms with van der Waals surface area (Å²) < 4.78 is 28.3. The van der Waals surface area contributed by atoms with Crippen molar-refractivity contribution in [3.63, 3.8) is 0 Å². The van der Waals surface area contributed by atoms with Gasteiger partial charge < -0.3 is 39.0 Å². The van der Waals surface area contributed by atoms with E-state index in [2.05, 4.69) is 87.6 Å². The van der Waals surface area contributed by atoms with Gasteiger partial charge in [0, 0.05) is 19.3 Å². The number of ether oxygens (including phenoxy) is 5. The van der Waals surface area contributed by atoms with E-state index in [-0.39, 0.29) is 25.9 Å². The van der Waals surface area contributed by atoms with Crippen LogP contribution in [0, 0.1) is 0 Å². The highest BCUT2D eigenvalue weighted by Crippen LogP contribution is 2.26. The second-order valence-corrected chi connectivity index (χ2v) is 19.5. The van der Waals surface area contributed by atoms with Crippen molar-refractivity contribution in [3.05, 3.63) is 72.9 Å². The van der Waals surface area contributed by atoms with Crippen LogP contribution in [0.4, 0.5) is 0 Å². The molecule has 1 rings (SSSR count). The molecule has 1 aliphatic rings. The molecule has 0 aromatic heterocycles. The Labute approximate surface area is 442 Å². The van der Waals surface area contributed by atoms with Crippen molar-refractivity contribution < 1.29 is 58.2 Å². The Morgan fingerprint density at radius 3 is 1.37 bits per heavy atom. The van der Waals surface area contributed by atoms with E-state index in [9.17, 15) is 34.5 Å². The molecule has 0 aromatic rings. The fourth-order valence-electron chi connectivity index (χ4n) is 8.34. The average Bonchev–Trinajstić information content (AvgIpc) is 3.37. The first kappa shape index (κ1) is 67.2. The van der Waals surface area contributed by atoms with Crippen LogP contribution < -0.4 is 0 Å². The van der Waals surface area contributed by atoms with Crippen molar-refractivity contribution in [1.29, 1.82) is 0 Å². The maximum atomic E-state index is 13.1. The highest BCUT2D eigenvalue weighted by molar-refractivity contribution is 5.74. The summed E-state index contributed by atoms with van der Waals surface area (Å²) in [7, 11) is 0. The van der Waals surface area contributed by atoms with E-state index in [4.69, 9.17) is 23.7 Å². The number of esters is 3. The van der Waals surface area contributed by atoms with Gasteiger partial charge in [0.25, 0.3) is 0 Å². The molecule has 1 aliphatic heterocycles. The number of unbranched alkanes of at least 4 members (excludes halogenated alkanes) is 22. The van der Waals surface area contributed by atoms with Crippen LogP contribution in [0.25, 0.3) is 0 Å². The zero-order valence-electron chi connectivity index (χ0n) is 45.9. The van der Waals surface area contributed by atoms with Crippen molar-refractivity contribution in [2.75, 3.05) is 13.2 Å². The minimum absolute atomic E-state index is 0.0445. The maximum Gasteiger partial charge on any atom is 0.335 e. The molecule has 0 amide bonds. The van der Waals surface area contributed by atoms with Gasteiger partial charge in [-0.05, 0) is 83.5 Å². The Morgan fingerprint density at radius 1 is 0.466 bits per heavy atom. The number of aliphatic hydroxyl groups excluding tert-OH is 2. The van der Waals surface area contributed by atoms with Crippen LogP contribution in [-0.2, 0) is 42.9 Å².